The Hall–Kier alpha value is -4.13. The Morgan fingerprint density at radius 2 is 1.66 bits per heavy atom. The Kier molecular flexibility index (Phi) is 7.45. The molecule has 0 aromatic heterocycles. The minimum Gasteiger partial charge on any atom is -0.491 e. The van der Waals surface area contributed by atoms with Gasteiger partial charge in [0.15, 0.2) is 0 Å². The van der Waals surface area contributed by atoms with E-state index in [2.05, 4.69) is 10.6 Å². The van der Waals surface area contributed by atoms with Crippen LogP contribution in [0, 0.1) is 5.92 Å². The Morgan fingerprint density at radius 1 is 0.971 bits per heavy atom. The van der Waals surface area contributed by atoms with E-state index in [1.165, 1.54) is 0 Å². The molecule has 1 fully saturated rings. The monoisotopic (exact) mass is 471 g/mol. The predicted molar refractivity (Wildman–Crippen MR) is 135 cm³/mol. The first-order valence-corrected chi connectivity index (χ1v) is 11.7. The number of nitrogens with one attached hydrogen (secondary N) is 2. The number of hydrogen-bond donors (Lipinski definition) is 2. The van der Waals surface area contributed by atoms with Crippen LogP contribution in [0.25, 0.3) is 0 Å². The topological polar surface area (TPSA) is 87.7 Å². The molecule has 2 N–H and O–H groups in total. The first-order chi connectivity index (χ1) is 16.9. The van der Waals surface area contributed by atoms with Gasteiger partial charge in [0.1, 0.15) is 5.75 Å². The summed E-state index contributed by atoms with van der Waals surface area (Å²) in [6.45, 7) is 4.56. The van der Waals surface area contributed by atoms with E-state index >= 15 is 0 Å². The summed E-state index contributed by atoms with van der Waals surface area (Å²) >= 11 is 0. The fraction of sp³-hybridized carbons (Fsp3) is 0.250. The van der Waals surface area contributed by atoms with E-state index < -0.39 is 5.92 Å². The van der Waals surface area contributed by atoms with E-state index in [9.17, 15) is 14.4 Å². The molecule has 1 aliphatic heterocycles. The zero-order valence-electron chi connectivity index (χ0n) is 19.9. The van der Waals surface area contributed by atoms with E-state index in [0.29, 0.717) is 17.8 Å². The van der Waals surface area contributed by atoms with Crippen molar-refractivity contribution in [2.75, 3.05) is 16.8 Å². The third kappa shape index (κ3) is 6.06. The molecule has 0 radical (unpaired) electrons. The van der Waals surface area contributed by atoms with Gasteiger partial charge in [0.2, 0.25) is 11.8 Å². The predicted octanol–water partition coefficient (Wildman–Crippen LogP) is 4.40. The molecule has 7 heteroatoms. The first kappa shape index (κ1) is 24.0. The van der Waals surface area contributed by atoms with E-state index in [1.807, 2.05) is 68.4 Å². The molecule has 0 saturated carbocycles. The zero-order chi connectivity index (χ0) is 24.8. The van der Waals surface area contributed by atoms with Crippen molar-refractivity contribution in [3.63, 3.8) is 0 Å². The molecule has 1 aliphatic rings. The van der Waals surface area contributed by atoms with Gasteiger partial charge in [-0.15, -0.1) is 0 Å². The second-order valence-electron chi connectivity index (χ2n) is 8.77. The van der Waals surface area contributed by atoms with E-state index in [-0.39, 0.29) is 36.8 Å². The highest BCUT2D eigenvalue weighted by molar-refractivity contribution is 6.07. The van der Waals surface area contributed by atoms with Crippen LogP contribution in [0.3, 0.4) is 0 Å². The van der Waals surface area contributed by atoms with Crippen LogP contribution < -0.4 is 20.3 Å². The van der Waals surface area contributed by atoms with Crippen molar-refractivity contribution in [1.82, 2.24) is 5.32 Å². The number of ether oxygens (including phenoxy) is 1. The summed E-state index contributed by atoms with van der Waals surface area (Å²) in [6, 6.07) is 23.8. The molecule has 7 nitrogen and oxygen atoms in total. The van der Waals surface area contributed by atoms with Crippen LogP contribution in [0.15, 0.2) is 78.9 Å². The summed E-state index contributed by atoms with van der Waals surface area (Å²) in [5.41, 5.74) is 2.50. The Balaban J connectivity index is 1.39. The molecule has 4 rings (SSSR count). The molecule has 3 aromatic carbocycles. The molecule has 3 amide bonds. The van der Waals surface area contributed by atoms with Crippen LogP contribution in [0.5, 0.6) is 5.75 Å². The Bertz CT molecular complexity index is 1190. The lowest BCUT2D eigenvalue weighted by Gasteiger charge is -2.18. The zero-order valence-corrected chi connectivity index (χ0v) is 19.9. The van der Waals surface area contributed by atoms with Gasteiger partial charge >= 0.3 is 0 Å². The standard InChI is InChI=1S/C28H29N3O4/c1-19(2)35-23-14-12-22(13-15-23)31-18-21(16-26(31)32)27(33)30-25-11-7-6-10-24(25)28(34)29-17-20-8-4-3-5-9-20/h3-15,19,21H,16-18H2,1-2H3,(H,29,34)(H,30,33). The van der Waals surface area contributed by atoms with Crippen molar-refractivity contribution >= 4 is 29.1 Å². The van der Waals surface area contributed by atoms with Crippen LogP contribution >= 0.6 is 0 Å². The lowest BCUT2D eigenvalue weighted by atomic mass is 10.1. The molecule has 1 unspecified atom stereocenters. The van der Waals surface area contributed by atoms with Crippen LogP contribution in [0.2, 0.25) is 0 Å². The molecule has 35 heavy (non-hydrogen) atoms. The van der Waals surface area contributed by atoms with Gasteiger partial charge in [0.05, 0.1) is 23.3 Å². The summed E-state index contributed by atoms with van der Waals surface area (Å²) in [6.07, 6.45) is 0.170. The molecule has 0 aliphatic carbocycles. The maximum atomic E-state index is 13.0. The van der Waals surface area contributed by atoms with Crippen molar-refractivity contribution in [1.29, 1.82) is 0 Å². The Labute approximate surface area is 205 Å². The largest absolute Gasteiger partial charge is 0.491 e. The number of carbonyl (C=O) groups excluding carboxylic acids is 3. The third-order valence-corrected chi connectivity index (χ3v) is 5.74. The molecule has 1 heterocycles. The SMILES string of the molecule is CC(C)Oc1ccc(N2CC(C(=O)Nc3ccccc3C(=O)NCc3ccccc3)CC2=O)cc1. The van der Waals surface area contributed by atoms with Crippen molar-refractivity contribution < 1.29 is 19.1 Å². The maximum Gasteiger partial charge on any atom is 0.253 e. The van der Waals surface area contributed by atoms with Gasteiger partial charge in [-0.3, -0.25) is 14.4 Å². The minimum atomic E-state index is -0.519. The normalized spacial score (nSPS) is 15.2. The maximum absolute atomic E-state index is 13.0. The molecule has 0 bridgehead atoms. The third-order valence-electron chi connectivity index (χ3n) is 5.74. The molecular formula is C28H29N3O4. The van der Waals surface area contributed by atoms with Gasteiger partial charge in [-0.05, 0) is 55.8 Å². The lowest BCUT2D eigenvalue weighted by Crippen LogP contribution is -2.29. The number of amides is 3. The van der Waals surface area contributed by atoms with Gasteiger partial charge in [-0.2, -0.15) is 0 Å². The van der Waals surface area contributed by atoms with Crippen molar-refractivity contribution in [2.24, 2.45) is 5.92 Å². The molecule has 3 aromatic rings. The fourth-order valence-electron chi connectivity index (χ4n) is 4.01. The van der Waals surface area contributed by atoms with Crippen LogP contribution in [-0.2, 0) is 16.1 Å². The van der Waals surface area contributed by atoms with Crippen LogP contribution in [0.1, 0.15) is 36.2 Å². The van der Waals surface area contributed by atoms with Gasteiger partial charge in [-0.1, -0.05) is 42.5 Å². The number of benzene rings is 3. The minimum absolute atomic E-state index is 0.0608. The lowest BCUT2D eigenvalue weighted by molar-refractivity contribution is -0.122. The summed E-state index contributed by atoms with van der Waals surface area (Å²) in [4.78, 5) is 40.1. The second-order valence-corrected chi connectivity index (χ2v) is 8.77. The molecule has 0 spiro atoms. The van der Waals surface area contributed by atoms with Crippen molar-refractivity contribution in [2.45, 2.75) is 32.9 Å². The highest BCUT2D eigenvalue weighted by Gasteiger charge is 2.35. The van der Waals surface area contributed by atoms with E-state index in [4.69, 9.17) is 4.74 Å². The smallest absolute Gasteiger partial charge is 0.253 e. The number of carbonyl (C=O) groups is 3. The summed E-state index contributed by atoms with van der Waals surface area (Å²) in [5, 5.41) is 5.74. The average Bonchev–Trinajstić information content (AvgIpc) is 3.25. The van der Waals surface area contributed by atoms with Gasteiger partial charge in [0.25, 0.3) is 5.91 Å². The molecule has 1 saturated heterocycles. The number of anilines is 2. The highest BCUT2D eigenvalue weighted by atomic mass is 16.5. The van der Waals surface area contributed by atoms with Crippen molar-refractivity contribution in [3.8, 4) is 5.75 Å². The Morgan fingerprint density at radius 3 is 2.37 bits per heavy atom. The van der Waals surface area contributed by atoms with Gasteiger partial charge in [0, 0.05) is 25.2 Å². The highest BCUT2D eigenvalue weighted by Crippen LogP contribution is 2.28. The van der Waals surface area contributed by atoms with E-state index in [1.54, 1.807) is 29.2 Å². The van der Waals surface area contributed by atoms with Crippen LogP contribution in [0.4, 0.5) is 11.4 Å². The van der Waals surface area contributed by atoms with Gasteiger partial charge in [-0.25, -0.2) is 0 Å². The average molecular weight is 472 g/mol. The summed E-state index contributed by atoms with van der Waals surface area (Å²) in [5.74, 6) is -0.473. The fourth-order valence-corrected chi connectivity index (χ4v) is 4.01. The number of para-hydroxylation sites is 1. The number of rotatable bonds is 8. The van der Waals surface area contributed by atoms with Crippen LogP contribution in [-0.4, -0.2) is 30.4 Å². The summed E-state index contributed by atoms with van der Waals surface area (Å²) in [7, 11) is 0. The summed E-state index contributed by atoms with van der Waals surface area (Å²) < 4.78 is 5.66. The van der Waals surface area contributed by atoms with Crippen molar-refractivity contribution in [3.05, 3.63) is 90.0 Å². The molecule has 1 atom stereocenters. The molecular weight excluding hydrogens is 442 g/mol. The first-order valence-electron chi connectivity index (χ1n) is 11.7. The van der Waals surface area contributed by atoms with Gasteiger partial charge < -0.3 is 20.3 Å². The van der Waals surface area contributed by atoms with E-state index in [0.717, 1.165) is 17.0 Å². The number of hydrogen-bond acceptors (Lipinski definition) is 4. The number of nitrogens with zero attached hydrogens (tertiary/aromatic N) is 1. The second kappa shape index (κ2) is 10.9. The quantitative estimate of drug-likeness (QED) is 0.510. The molecule has 180 valence electrons.